The minimum Gasteiger partial charge on any atom is -0.478 e. The van der Waals surface area contributed by atoms with E-state index in [9.17, 15) is 4.79 Å². The lowest BCUT2D eigenvalue weighted by atomic mass is 9.83. The predicted octanol–water partition coefficient (Wildman–Crippen LogP) is 2.22. The summed E-state index contributed by atoms with van der Waals surface area (Å²) in [5.74, 6) is -0.0381. The maximum absolute atomic E-state index is 10.3. The molecule has 1 saturated carbocycles. The number of aliphatic carboxylic acids is 1. The molecule has 3 nitrogen and oxygen atoms in total. The SMILES string of the molecule is CC(=CC(=O)O)COCCC1CCC1. The van der Waals surface area contributed by atoms with Crippen LogP contribution in [0.25, 0.3) is 0 Å². The van der Waals surface area contributed by atoms with Gasteiger partial charge in [0.15, 0.2) is 0 Å². The minimum atomic E-state index is -0.898. The molecule has 0 heterocycles. The van der Waals surface area contributed by atoms with Crippen LogP contribution in [0.1, 0.15) is 32.6 Å². The Kier molecular flexibility index (Phi) is 4.66. The molecule has 0 aromatic carbocycles. The quantitative estimate of drug-likeness (QED) is 0.526. The molecule has 0 saturated heterocycles. The lowest BCUT2D eigenvalue weighted by Crippen LogP contribution is -2.13. The van der Waals surface area contributed by atoms with Gasteiger partial charge in [0.1, 0.15) is 0 Å². The molecule has 1 rings (SSSR count). The Hall–Kier alpha value is -0.830. The smallest absolute Gasteiger partial charge is 0.328 e. The van der Waals surface area contributed by atoms with Gasteiger partial charge in [0, 0.05) is 12.7 Å². The monoisotopic (exact) mass is 198 g/mol. The average Bonchev–Trinajstić information content (AvgIpc) is 1.99. The summed E-state index contributed by atoms with van der Waals surface area (Å²) in [4.78, 5) is 10.3. The second-order valence-electron chi connectivity index (χ2n) is 3.97. The Labute approximate surface area is 84.8 Å². The van der Waals surface area contributed by atoms with Gasteiger partial charge < -0.3 is 9.84 Å². The maximum Gasteiger partial charge on any atom is 0.328 e. The first kappa shape index (κ1) is 11.2. The van der Waals surface area contributed by atoms with Crippen molar-refractivity contribution < 1.29 is 14.6 Å². The molecule has 0 aliphatic heterocycles. The van der Waals surface area contributed by atoms with E-state index in [1.54, 1.807) is 6.92 Å². The zero-order valence-electron chi connectivity index (χ0n) is 8.66. The number of carbonyl (C=O) groups is 1. The van der Waals surface area contributed by atoms with Crippen molar-refractivity contribution in [1.82, 2.24) is 0 Å². The topological polar surface area (TPSA) is 46.5 Å². The summed E-state index contributed by atoms with van der Waals surface area (Å²) in [7, 11) is 0. The Morgan fingerprint density at radius 3 is 2.79 bits per heavy atom. The first-order chi connectivity index (χ1) is 6.68. The first-order valence-electron chi connectivity index (χ1n) is 5.16. The summed E-state index contributed by atoms with van der Waals surface area (Å²) in [6.07, 6.45) is 6.37. The molecule has 0 atom stereocenters. The van der Waals surface area contributed by atoms with Crippen LogP contribution < -0.4 is 0 Å². The summed E-state index contributed by atoms with van der Waals surface area (Å²) >= 11 is 0. The molecule has 80 valence electrons. The third-order valence-corrected chi connectivity index (χ3v) is 2.59. The van der Waals surface area contributed by atoms with Gasteiger partial charge in [-0.15, -0.1) is 0 Å². The molecule has 3 heteroatoms. The fourth-order valence-corrected chi connectivity index (χ4v) is 1.52. The minimum absolute atomic E-state index is 0.443. The van der Waals surface area contributed by atoms with E-state index in [-0.39, 0.29) is 0 Å². The Morgan fingerprint density at radius 2 is 2.29 bits per heavy atom. The van der Waals surface area contributed by atoms with Crippen molar-refractivity contribution in [3.8, 4) is 0 Å². The fraction of sp³-hybridized carbons (Fsp3) is 0.727. The summed E-state index contributed by atoms with van der Waals surface area (Å²) in [5, 5.41) is 8.44. The molecule has 0 spiro atoms. The third-order valence-electron chi connectivity index (χ3n) is 2.59. The molecular formula is C11H18O3. The van der Waals surface area contributed by atoms with Gasteiger partial charge in [0.05, 0.1) is 6.61 Å². The summed E-state index contributed by atoms with van der Waals surface area (Å²) in [6.45, 7) is 2.98. The Balaban J connectivity index is 1.99. The Morgan fingerprint density at radius 1 is 1.57 bits per heavy atom. The second-order valence-corrected chi connectivity index (χ2v) is 3.97. The normalized spacial score (nSPS) is 17.9. The van der Waals surface area contributed by atoms with E-state index < -0.39 is 5.97 Å². The van der Waals surface area contributed by atoms with Gasteiger partial charge in [-0.1, -0.05) is 19.3 Å². The molecule has 1 fully saturated rings. The molecule has 1 N–H and O–H groups in total. The van der Waals surface area contributed by atoms with Crippen molar-refractivity contribution in [3.05, 3.63) is 11.6 Å². The molecule has 0 unspecified atom stereocenters. The van der Waals surface area contributed by atoms with Crippen LogP contribution in [0.2, 0.25) is 0 Å². The number of hydrogen-bond donors (Lipinski definition) is 1. The number of carboxylic acids is 1. The summed E-state index contributed by atoms with van der Waals surface area (Å²) in [5.41, 5.74) is 0.770. The number of rotatable bonds is 6. The van der Waals surface area contributed by atoms with Crippen molar-refractivity contribution in [2.45, 2.75) is 32.6 Å². The molecule has 0 bridgehead atoms. The van der Waals surface area contributed by atoms with E-state index in [1.807, 2.05) is 0 Å². The molecule has 14 heavy (non-hydrogen) atoms. The highest BCUT2D eigenvalue weighted by atomic mass is 16.5. The molecule has 0 aromatic rings. The largest absolute Gasteiger partial charge is 0.478 e. The van der Waals surface area contributed by atoms with Crippen LogP contribution in [0.3, 0.4) is 0 Å². The molecule has 1 aliphatic rings. The molecular weight excluding hydrogens is 180 g/mol. The van der Waals surface area contributed by atoms with Gasteiger partial charge in [-0.3, -0.25) is 0 Å². The first-order valence-corrected chi connectivity index (χ1v) is 5.16. The zero-order valence-corrected chi connectivity index (χ0v) is 8.66. The van der Waals surface area contributed by atoms with Crippen LogP contribution in [0.5, 0.6) is 0 Å². The average molecular weight is 198 g/mol. The predicted molar refractivity (Wildman–Crippen MR) is 54.2 cm³/mol. The van der Waals surface area contributed by atoms with Gasteiger partial charge in [-0.2, -0.15) is 0 Å². The van der Waals surface area contributed by atoms with Crippen molar-refractivity contribution in [1.29, 1.82) is 0 Å². The zero-order chi connectivity index (χ0) is 10.4. The van der Waals surface area contributed by atoms with Gasteiger partial charge in [-0.25, -0.2) is 4.79 Å². The summed E-state index contributed by atoms with van der Waals surface area (Å²) in [6, 6.07) is 0. The van der Waals surface area contributed by atoms with Crippen molar-refractivity contribution in [2.75, 3.05) is 13.2 Å². The van der Waals surface area contributed by atoms with Crippen LogP contribution in [-0.2, 0) is 9.53 Å². The van der Waals surface area contributed by atoms with Gasteiger partial charge >= 0.3 is 5.97 Å². The highest BCUT2D eigenvalue weighted by Gasteiger charge is 2.16. The van der Waals surface area contributed by atoms with Crippen LogP contribution in [-0.4, -0.2) is 24.3 Å². The second kappa shape index (κ2) is 5.81. The van der Waals surface area contributed by atoms with Crippen LogP contribution in [0, 0.1) is 5.92 Å². The van der Waals surface area contributed by atoms with Gasteiger partial charge in [-0.05, 0) is 24.8 Å². The van der Waals surface area contributed by atoms with Crippen molar-refractivity contribution in [3.63, 3.8) is 0 Å². The third kappa shape index (κ3) is 4.42. The Bertz CT molecular complexity index is 217. The lowest BCUT2D eigenvalue weighted by Gasteiger charge is -2.24. The number of hydrogen-bond acceptors (Lipinski definition) is 2. The lowest BCUT2D eigenvalue weighted by molar-refractivity contribution is -0.131. The highest BCUT2D eigenvalue weighted by Crippen LogP contribution is 2.29. The number of ether oxygens (including phenoxy) is 1. The molecule has 0 amide bonds. The van der Waals surface area contributed by atoms with Crippen LogP contribution >= 0.6 is 0 Å². The fourth-order valence-electron chi connectivity index (χ4n) is 1.52. The van der Waals surface area contributed by atoms with E-state index in [4.69, 9.17) is 9.84 Å². The van der Waals surface area contributed by atoms with E-state index >= 15 is 0 Å². The standard InChI is InChI=1S/C11H18O3/c1-9(7-11(12)13)8-14-6-5-10-3-2-4-10/h7,10H,2-6,8H2,1H3,(H,12,13). The van der Waals surface area contributed by atoms with Gasteiger partial charge in [0.2, 0.25) is 0 Å². The highest BCUT2D eigenvalue weighted by molar-refractivity contribution is 5.80. The van der Waals surface area contributed by atoms with E-state index in [0.29, 0.717) is 6.61 Å². The van der Waals surface area contributed by atoms with E-state index in [0.717, 1.165) is 24.5 Å². The van der Waals surface area contributed by atoms with Crippen LogP contribution in [0.15, 0.2) is 11.6 Å². The van der Waals surface area contributed by atoms with Crippen molar-refractivity contribution >= 4 is 5.97 Å². The van der Waals surface area contributed by atoms with Crippen LogP contribution in [0.4, 0.5) is 0 Å². The number of carboxylic acid groups (broad SMARTS) is 1. The van der Waals surface area contributed by atoms with Crippen molar-refractivity contribution in [2.24, 2.45) is 5.92 Å². The molecule has 0 aromatic heterocycles. The van der Waals surface area contributed by atoms with E-state index in [2.05, 4.69) is 0 Å². The maximum atomic E-state index is 10.3. The summed E-state index contributed by atoms with van der Waals surface area (Å²) < 4.78 is 5.37. The molecule has 0 radical (unpaired) electrons. The van der Waals surface area contributed by atoms with Gasteiger partial charge in [0.25, 0.3) is 0 Å². The molecule has 1 aliphatic carbocycles. The van der Waals surface area contributed by atoms with E-state index in [1.165, 1.54) is 25.3 Å².